The molecular formula is C27H30N4O. The monoisotopic (exact) mass is 426 g/mol. The lowest BCUT2D eigenvalue weighted by molar-refractivity contribution is -0.122. The van der Waals surface area contributed by atoms with Gasteiger partial charge in [-0.15, -0.1) is 0 Å². The van der Waals surface area contributed by atoms with Crippen LogP contribution in [0.4, 0.5) is 0 Å². The van der Waals surface area contributed by atoms with Crippen LogP contribution in [0.5, 0.6) is 0 Å². The van der Waals surface area contributed by atoms with Crippen LogP contribution in [-0.2, 0) is 11.3 Å². The van der Waals surface area contributed by atoms with Crippen molar-refractivity contribution in [3.05, 3.63) is 95.6 Å². The number of hydrogen-bond acceptors (Lipinski definition) is 4. The minimum absolute atomic E-state index is 0.0749. The van der Waals surface area contributed by atoms with E-state index in [1.165, 1.54) is 16.7 Å². The van der Waals surface area contributed by atoms with Crippen LogP contribution >= 0.6 is 0 Å². The summed E-state index contributed by atoms with van der Waals surface area (Å²) < 4.78 is 0. The van der Waals surface area contributed by atoms with Gasteiger partial charge < -0.3 is 0 Å². The van der Waals surface area contributed by atoms with E-state index in [0.717, 1.165) is 43.9 Å². The Hall–Kier alpha value is -3.28. The van der Waals surface area contributed by atoms with E-state index < -0.39 is 0 Å². The Bertz CT molecular complexity index is 1020. The summed E-state index contributed by atoms with van der Waals surface area (Å²) in [6.45, 7) is 7.18. The molecule has 1 saturated heterocycles. The molecule has 32 heavy (non-hydrogen) atoms. The molecule has 0 spiro atoms. The molecule has 5 nitrogen and oxygen atoms in total. The van der Waals surface area contributed by atoms with E-state index in [0.29, 0.717) is 6.54 Å². The minimum atomic E-state index is -0.0749. The minimum Gasteiger partial charge on any atom is -0.297 e. The zero-order valence-corrected chi connectivity index (χ0v) is 18.6. The molecule has 1 fully saturated rings. The summed E-state index contributed by atoms with van der Waals surface area (Å²) in [5.41, 5.74) is 8.58. The third-order valence-electron chi connectivity index (χ3n) is 5.78. The number of nitrogens with zero attached hydrogens (tertiary/aromatic N) is 3. The van der Waals surface area contributed by atoms with Gasteiger partial charge in [0.1, 0.15) is 0 Å². The molecule has 0 saturated carbocycles. The molecule has 3 aromatic rings. The average molecular weight is 427 g/mol. The van der Waals surface area contributed by atoms with Crippen molar-refractivity contribution in [1.82, 2.24) is 15.2 Å². The Morgan fingerprint density at radius 3 is 2.16 bits per heavy atom. The van der Waals surface area contributed by atoms with Crippen molar-refractivity contribution in [1.29, 1.82) is 0 Å². The van der Waals surface area contributed by atoms with Crippen molar-refractivity contribution < 1.29 is 4.79 Å². The summed E-state index contributed by atoms with van der Waals surface area (Å²) in [4.78, 5) is 16.9. The van der Waals surface area contributed by atoms with Crippen molar-refractivity contribution in [3.8, 4) is 11.1 Å². The second-order valence-electron chi connectivity index (χ2n) is 8.32. The maximum absolute atomic E-state index is 12.3. The van der Waals surface area contributed by atoms with Gasteiger partial charge in [0, 0.05) is 32.7 Å². The van der Waals surface area contributed by atoms with Gasteiger partial charge in [-0.2, -0.15) is 5.10 Å². The molecule has 4 rings (SSSR count). The summed E-state index contributed by atoms with van der Waals surface area (Å²) in [7, 11) is 0. The van der Waals surface area contributed by atoms with Crippen LogP contribution in [0.1, 0.15) is 16.7 Å². The number of hydrogen-bond donors (Lipinski definition) is 1. The number of piperazine rings is 1. The van der Waals surface area contributed by atoms with Gasteiger partial charge in [0.2, 0.25) is 0 Å². The first-order chi connectivity index (χ1) is 15.7. The Morgan fingerprint density at radius 2 is 1.47 bits per heavy atom. The van der Waals surface area contributed by atoms with E-state index in [9.17, 15) is 4.79 Å². The van der Waals surface area contributed by atoms with Crippen LogP contribution < -0.4 is 5.43 Å². The summed E-state index contributed by atoms with van der Waals surface area (Å²) in [6.07, 6.45) is 1.69. The smallest absolute Gasteiger partial charge is 0.254 e. The Balaban J connectivity index is 1.18. The van der Waals surface area contributed by atoms with Crippen molar-refractivity contribution in [2.24, 2.45) is 5.10 Å². The largest absolute Gasteiger partial charge is 0.297 e. The highest BCUT2D eigenvalue weighted by Crippen LogP contribution is 2.18. The molecule has 0 bridgehead atoms. The number of rotatable bonds is 7. The zero-order valence-electron chi connectivity index (χ0n) is 18.6. The van der Waals surface area contributed by atoms with Gasteiger partial charge in [0.05, 0.1) is 12.8 Å². The lowest BCUT2D eigenvalue weighted by atomic mass is 10.0. The fourth-order valence-corrected chi connectivity index (χ4v) is 3.87. The van der Waals surface area contributed by atoms with Gasteiger partial charge in [-0.1, -0.05) is 84.4 Å². The Labute approximate surface area is 190 Å². The summed E-state index contributed by atoms with van der Waals surface area (Å²) in [5, 5.41) is 4.13. The third-order valence-corrected chi connectivity index (χ3v) is 5.78. The number of benzene rings is 3. The van der Waals surface area contributed by atoms with E-state index in [-0.39, 0.29) is 5.91 Å². The molecule has 1 amide bonds. The van der Waals surface area contributed by atoms with Crippen molar-refractivity contribution in [2.45, 2.75) is 13.5 Å². The van der Waals surface area contributed by atoms with Gasteiger partial charge in [-0.25, -0.2) is 5.43 Å². The van der Waals surface area contributed by atoms with Crippen LogP contribution in [0.15, 0.2) is 84.0 Å². The van der Waals surface area contributed by atoms with E-state index in [2.05, 4.69) is 75.8 Å². The topological polar surface area (TPSA) is 47.9 Å². The van der Waals surface area contributed by atoms with Gasteiger partial charge in [-0.05, 0) is 29.2 Å². The molecule has 1 aliphatic heterocycles. The molecule has 5 heteroatoms. The number of aryl methyl sites for hydroxylation is 1. The van der Waals surface area contributed by atoms with Crippen LogP contribution in [0.25, 0.3) is 11.1 Å². The number of amides is 1. The summed E-state index contributed by atoms with van der Waals surface area (Å²) in [6, 6.07) is 27.1. The average Bonchev–Trinajstić information content (AvgIpc) is 2.83. The maximum Gasteiger partial charge on any atom is 0.254 e. The highest BCUT2D eigenvalue weighted by molar-refractivity contribution is 5.83. The van der Waals surface area contributed by atoms with Crippen LogP contribution in [0.3, 0.4) is 0 Å². The number of hydrazone groups is 1. The molecule has 164 valence electrons. The molecule has 0 aromatic heterocycles. The van der Waals surface area contributed by atoms with Gasteiger partial charge in [0.25, 0.3) is 5.91 Å². The fraction of sp³-hybridized carbons (Fsp3) is 0.259. The fourth-order valence-electron chi connectivity index (χ4n) is 3.87. The lowest BCUT2D eigenvalue weighted by Crippen LogP contribution is -2.48. The number of nitrogens with one attached hydrogen (secondary N) is 1. The lowest BCUT2D eigenvalue weighted by Gasteiger charge is -2.34. The van der Waals surface area contributed by atoms with E-state index in [1.807, 2.05) is 30.3 Å². The standard InChI is InChI=1S/C27H30N4O/c1-22-7-9-24(10-8-22)20-30-15-17-31(18-16-30)21-27(32)29-28-19-23-11-13-26(14-12-23)25-5-3-2-4-6-25/h2-14,19H,15-18,20-21H2,1H3,(H,29,32)/b28-19+. The number of carbonyl (C=O) groups is 1. The first-order valence-electron chi connectivity index (χ1n) is 11.1. The van der Waals surface area contributed by atoms with Crippen molar-refractivity contribution in [3.63, 3.8) is 0 Å². The molecule has 1 heterocycles. The highest BCUT2D eigenvalue weighted by atomic mass is 16.2. The molecule has 0 radical (unpaired) electrons. The van der Waals surface area contributed by atoms with Crippen molar-refractivity contribution in [2.75, 3.05) is 32.7 Å². The predicted molar refractivity (Wildman–Crippen MR) is 131 cm³/mol. The molecule has 1 aliphatic rings. The molecule has 3 aromatic carbocycles. The molecule has 0 atom stereocenters. The molecular weight excluding hydrogens is 396 g/mol. The number of carbonyl (C=O) groups excluding carboxylic acids is 1. The third kappa shape index (κ3) is 6.36. The highest BCUT2D eigenvalue weighted by Gasteiger charge is 2.18. The van der Waals surface area contributed by atoms with E-state index in [1.54, 1.807) is 6.21 Å². The summed E-state index contributed by atoms with van der Waals surface area (Å²) >= 11 is 0. The molecule has 1 N–H and O–H groups in total. The van der Waals surface area contributed by atoms with Crippen LogP contribution in [0, 0.1) is 6.92 Å². The first kappa shape index (κ1) is 21.9. The van der Waals surface area contributed by atoms with Gasteiger partial charge in [-0.3, -0.25) is 14.6 Å². The second kappa shape index (κ2) is 10.8. The predicted octanol–water partition coefficient (Wildman–Crippen LogP) is 3.93. The van der Waals surface area contributed by atoms with Gasteiger partial charge in [0.15, 0.2) is 0 Å². The Kier molecular flexibility index (Phi) is 7.43. The Morgan fingerprint density at radius 1 is 0.844 bits per heavy atom. The quantitative estimate of drug-likeness (QED) is 0.460. The second-order valence-corrected chi connectivity index (χ2v) is 8.32. The van der Waals surface area contributed by atoms with Gasteiger partial charge >= 0.3 is 0 Å². The zero-order chi connectivity index (χ0) is 22.2. The van der Waals surface area contributed by atoms with E-state index in [4.69, 9.17) is 0 Å². The SMILES string of the molecule is Cc1ccc(CN2CCN(CC(=O)N/N=C/c3ccc(-c4ccccc4)cc3)CC2)cc1. The van der Waals surface area contributed by atoms with Crippen LogP contribution in [-0.4, -0.2) is 54.6 Å². The maximum atomic E-state index is 12.3. The normalized spacial score (nSPS) is 15.2. The van der Waals surface area contributed by atoms with E-state index >= 15 is 0 Å². The first-order valence-corrected chi connectivity index (χ1v) is 11.1. The summed E-state index contributed by atoms with van der Waals surface area (Å²) in [5.74, 6) is -0.0749. The molecule has 0 aliphatic carbocycles. The molecule has 0 unspecified atom stereocenters. The van der Waals surface area contributed by atoms with Crippen LogP contribution in [0.2, 0.25) is 0 Å². The van der Waals surface area contributed by atoms with Crippen molar-refractivity contribution >= 4 is 12.1 Å².